The van der Waals surface area contributed by atoms with Crippen molar-refractivity contribution in [3.63, 3.8) is 0 Å². The molecule has 0 bridgehead atoms. The van der Waals surface area contributed by atoms with E-state index >= 15 is 0 Å². The molecular formula is C12H19N3O6. The second kappa shape index (κ2) is 6.96. The van der Waals surface area contributed by atoms with Gasteiger partial charge in [0, 0.05) is 13.3 Å². The SMILES string of the molecule is COCCO[C@H]1[C@@H](O)[C@@H](CO)O[C@@H]1n1ccc(N)nc1=O. The van der Waals surface area contributed by atoms with Crippen molar-refractivity contribution in [2.75, 3.05) is 32.7 Å². The molecule has 1 fully saturated rings. The molecule has 1 saturated heterocycles. The molecule has 1 aromatic heterocycles. The molecule has 2 rings (SSSR count). The number of nitrogens with zero attached hydrogens (tertiary/aromatic N) is 2. The lowest BCUT2D eigenvalue weighted by atomic mass is 10.1. The molecule has 1 aromatic rings. The molecule has 2 heterocycles. The fourth-order valence-corrected chi connectivity index (χ4v) is 2.16. The fraction of sp³-hybridized carbons (Fsp3) is 0.667. The molecule has 4 N–H and O–H groups in total. The van der Waals surface area contributed by atoms with E-state index in [0.717, 1.165) is 0 Å². The highest BCUT2D eigenvalue weighted by Gasteiger charge is 2.45. The van der Waals surface area contributed by atoms with Crippen LogP contribution in [-0.2, 0) is 14.2 Å². The zero-order valence-electron chi connectivity index (χ0n) is 11.6. The van der Waals surface area contributed by atoms with Crippen molar-refractivity contribution in [1.82, 2.24) is 9.55 Å². The van der Waals surface area contributed by atoms with E-state index in [1.54, 1.807) is 0 Å². The second-order valence-corrected chi connectivity index (χ2v) is 4.61. The molecule has 9 heteroatoms. The highest BCUT2D eigenvalue weighted by molar-refractivity contribution is 5.23. The second-order valence-electron chi connectivity index (χ2n) is 4.61. The Kier molecular flexibility index (Phi) is 5.26. The number of hydrogen-bond donors (Lipinski definition) is 3. The summed E-state index contributed by atoms with van der Waals surface area (Å²) in [7, 11) is 1.52. The van der Waals surface area contributed by atoms with Crippen molar-refractivity contribution in [3.05, 3.63) is 22.7 Å². The van der Waals surface area contributed by atoms with E-state index in [1.807, 2.05) is 0 Å². The minimum Gasteiger partial charge on any atom is -0.394 e. The lowest BCUT2D eigenvalue weighted by Crippen LogP contribution is -2.38. The number of rotatable bonds is 6. The van der Waals surface area contributed by atoms with Gasteiger partial charge in [-0.05, 0) is 6.07 Å². The first-order chi connectivity index (χ1) is 10.1. The van der Waals surface area contributed by atoms with Crippen LogP contribution in [0.2, 0.25) is 0 Å². The van der Waals surface area contributed by atoms with Gasteiger partial charge in [0.25, 0.3) is 0 Å². The van der Waals surface area contributed by atoms with Crippen LogP contribution in [0.3, 0.4) is 0 Å². The average molecular weight is 301 g/mol. The van der Waals surface area contributed by atoms with Crippen LogP contribution in [0, 0.1) is 0 Å². The zero-order chi connectivity index (χ0) is 15.4. The van der Waals surface area contributed by atoms with Crippen LogP contribution in [0.5, 0.6) is 0 Å². The number of anilines is 1. The molecule has 1 aliphatic heterocycles. The zero-order valence-corrected chi connectivity index (χ0v) is 11.6. The summed E-state index contributed by atoms with van der Waals surface area (Å²) in [6.45, 7) is 0.154. The number of nitrogen functional groups attached to an aromatic ring is 1. The predicted molar refractivity (Wildman–Crippen MR) is 71.5 cm³/mol. The molecule has 0 saturated carbocycles. The molecule has 4 atom stereocenters. The molecule has 0 aliphatic carbocycles. The van der Waals surface area contributed by atoms with Crippen molar-refractivity contribution < 1.29 is 24.4 Å². The topological polar surface area (TPSA) is 129 Å². The first-order valence-electron chi connectivity index (χ1n) is 6.48. The van der Waals surface area contributed by atoms with E-state index in [0.29, 0.717) is 6.61 Å². The van der Waals surface area contributed by atoms with E-state index in [9.17, 15) is 15.0 Å². The van der Waals surface area contributed by atoms with Crippen LogP contribution in [-0.4, -0.2) is 65.0 Å². The minimum atomic E-state index is -1.07. The van der Waals surface area contributed by atoms with Gasteiger partial charge in [-0.1, -0.05) is 0 Å². The number of hydrogen-bond acceptors (Lipinski definition) is 8. The van der Waals surface area contributed by atoms with Crippen LogP contribution >= 0.6 is 0 Å². The lowest BCUT2D eigenvalue weighted by Gasteiger charge is -2.22. The fourth-order valence-electron chi connectivity index (χ4n) is 2.16. The summed E-state index contributed by atoms with van der Waals surface area (Å²) in [5.41, 5.74) is 4.82. The first kappa shape index (κ1) is 15.9. The maximum Gasteiger partial charge on any atom is 0.351 e. The van der Waals surface area contributed by atoms with Crippen LogP contribution in [0.15, 0.2) is 17.1 Å². The summed E-state index contributed by atoms with van der Waals surface area (Å²) in [4.78, 5) is 15.5. The van der Waals surface area contributed by atoms with Gasteiger partial charge >= 0.3 is 5.69 Å². The van der Waals surface area contributed by atoms with Crippen molar-refractivity contribution in [1.29, 1.82) is 0 Å². The Morgan fingerprint density at radius 1 is 1.52 bits per heavy atom. The van der Waals surface area contributed by atoms with Gasteiger partial charge < -0.3 is 30.2 Å². The molecule has 9 nitrogen and oxygen atoms in total. The number of ether oxygens (including phenoxy) is 3. The quantitative estimate of drug-likeness (QED) is 0.520. The first-order valence-corrected chi connectivity index (χ1v) is 6.48. The van der Waals surface area contributed by atoms with Gasteiger partial charge in [0.15, 0.2) is 6.23 Å². The van der Waals surface area contributed by atoms with Crippen molar-refractivity contribution >= 4 is 5.82 Å². The molecule has 1 aliphatic rings. The Labute approximate surface area is 120 Å². The van der Waals surface area contributed by atoms with Crippen molar-refractivity contribution in [3.8, 4) is 0 Å². The summed E-state index contributed by atoms with van der Waals surface area (Å²) in [6, 6.07) is 1.44. The van der Waals surface area contributed by atoms with Gasteiger partial charge in [0.05, 0.1) is 19.8 Å². The summed E-state index contributed by atoms with van der Waals surface area (Å²) < 4.78 is 17.0. The third-order valence-corrected chi connectivity index (χ3v) is 3.22. The van der Waals surface area contributed by atoms with E-state index < -0.39 is 30.2 Å². The van der Waals surface area contributed by atoms with Gasteiger partial charge in [0.1, 0.15) is 24.1 Å². The Hall–Kier alpha value is -1.52. The van der Waals surface area contributed by atoms with Gasteiger partial charge in [-0.2, -0.15) is 4.98 Å². The monoisotopic (exact) mass is 301 g/mol. The minimum absolute atomic E-state index is 0.0883. The number of aliphatic hydroxyl groups excluding tert-OH is 2. The van der Waals surface area contributed by atoms with E-state index in [1.165, 1.54) is 23.9 Å². The molecule has 0 radical (unpaired) electrons. The Morgan fingerprint density at radius 3 is 2.90 bits per heavy atom. The molecule has 0 amide bonds. The van der Waals surface area contributed by atoms with Gasteiger partial charge in [-0.25, -0.2) is 4.79 Å². The van der Waals surface area contributed by atoms with Crippen LogP contribution < -0.4 is 11.4 Å². The summed E-state index contributed by atoms with van der Waals surface area (Å²) >= 11 is 0. The molecule has 0 unspecified atom stereocenters. The van der Waals surface area contributed by atoms with Crippen molar-refractivity contribution in [2.24, 2.45) is 0 Å². The van der Waals surface area contributed by atoms with E-state index in [4.69, 9.17) is 19.9 Å². The van der Waals surface area contributed by atoms with Gasteiger partial charge in [-0.3, -0.25) is 4.57 Å². The lowest BCUT2D eigenvalue weighted by molar-refractivity contribution is -0.0818. The third kappa shape index (κ3) is 3.39. The highest BCUT2D eigenvalue weighted by atomic mass is 16.6. The third-order valence-electron chi connectivity index (χ3n) is 3.22. The van der Waals surface area contributed by atoms with Crippen LogP contribution in [0.4, 0.5) is 5.82 Å². The molecule has 21 heavy (non-hydrogen) atoms. The summed E-state index contributed by atoms with van der Waals surface area (Å²) in [5, 5.41) is 19.3. The van der Waals surface area contributed by atoms with Crippen LogP contribution in [0.25, 0.3) is 0 Å². The number of aromatic nitrogens is 2. The van der Waals surface area contributed by atoms with E-state index in [2.05, 4.69) is 4.98 Å². The predicted octanol–water partition coefficient (Wildman–Crippen LogP) is -1.89. The number of aliphatic hydroxyl groups is 2. The number of nitrogens with two attached hydrogens (primary N) is 1. The summed E-state index contributed by atoms with van der Waals surface area (Å²) in [6.07, 6.45) is -2.21. The Morgan fingerprint density at radius 2 is 2.29 bits per heavy atom. The standard InChI is InChI=1S/C12H19N3O6/c1-19-4-5-20-10-9(17)7(6-16)21-11(10)15-3-2-8(13)14-12(15)18/h2-3,7,9-11,16-17H,4-6H2,1H3,(H2,13,14,18)/t7-,9+,10+,11+/m1/s1. The molecule has 0 spiro atoms. The maximum atomic E-state index is 11.9. The van der Waals surface area contributed by atoms with Crippen LogP contribution in [0.1, 0.15) is 6.23 Å². The summed E-state index contributed by atoms with van der Waals surface area (Å²) in [5.74, 6) is 0.0883. The molecular weight excluding hydrogens is 282 g/mol. The van der Waals surface area contributed by atoms with Gasteiger partial charge in [-0.15, -0.1) is 0 Å². The Bertz CT molecular complexity index is 522. The normalized spacial score (nSPS) is 28.9. The maximum absolute atomic E-state index is 11.9. The van der Waals surface area contributed by atoms with Crippen molar-refractivity contribution in [2.45, 2.75) is 24.5 Å². The average Bonchev–Trinajstić information content (AvgIpc) is 2.76. The molecule has 0 aromatic carbocycles. The largest absolute Gasteiger partial charge is 0.394 e. The Balaban J connectivity index is 2.23. The molecule has 118 valence electrons. The highest BCUT2D eigenvalue weighted by Crippen LogP contribution is 2.30. The smallest absolute Gasteiger partial charge is 0.351 e. The van der Waals surface area contributed by atoms with Gasteiger partial charge in [0.2, 0.25) is 0 Å². The van der Waals surface area contributed by atoms with E-state index in [-0.39, 0.29) is 19.0 Å². The number of methoxy groups -OCH3 is 1.